The van der Waals surface area contributed by atoms with Crippen LogP contribution in [0.25, 0.3) is 16.2 Å². The number of hydrogen-bond donors (Lipinski definition) is 1. The number of nitrogens with one attached hydrogen (secondary N) is 1. The average Bonchev–Trinajstić information content (AvgIpc) is 3.23. The van der Waals surface area contributed by atoms with Crippen LogP contribution in [0.1, 0.15) is 16.8 Å². The summed E-state index contributed by atoms with van der Waals surface area (Å²) in [5.41, 5.74) is 5.68. The number of amides is 1. The van der Waals surface area contributed by atoms with Gasteiger partial charge in [0.1, 0.15) is 5.82 Å². The highest BCUT2D eigenvalue weighted by atomic mass is 35.5. The normalized spacial score (nSPS) is 11.1. The molecule has 4 nitrogen and oxygen atoms in total. The molecular formula is C21H17ClFN3OS. The topological polar surface area (TPSA) is 46.4 Å². The van der Waals surface area contributed by atoms with Gasteiger partial charge in [0.15, 0.2) is 4.96 Å². The van der Waals surface area contributed by atoms with Gasteiger partial charge in [0, 0.05) is 28.5 Å². The predicted molar refractivity (Wildman–Crippen MR) is 112 cm³/mol. The zero-order valence-electron chi connectivity index (χ0n) is 15.3. The van der Waals surface area contributed by atoms with E-state index < -0.39 is 5.82 Å². The van der Waals surface area contributed by atoms with E-state index in [4.69, 9.17) is 11.6 Å². The number of anilines is 1. The number of benzene rings is 2. The number of aromatic nitrogens is 2. The summed E-state index contributed by atoms with van der Waals surface area (Å²) in [6, 6.07) is 10.4. The molecular weight excluding hydrogens is 397 g/mol. The lowest BCUT2D eigenvalue weighted by Gasteiger charge is -2.06. The van der Waals surface area contributed by atoms with Crippen molar-refractivity contribution in [2.75, 3.05) is 5.32 Å². The maximum absolute atomic E-state index is 13.3. The van der Waals surface area contributed by atoms with Crippen molar-refractivity contribution < 1.29 is 9.18 Å². The van der Waals surface area contributed by atoms with Gasteiger partial charge in [-0.3, -0.25) is 9.20 Å². The van der Waals surface area contributed by atoms with Crippen molar-refractivity contribution in [2.45, 2.75) is 20.3 Å². The van der Waals surface area contributed by atoms with Crippen molar-refractivity contribution in [3.63, 3.8) is 0 Å². The zero-order chi connectivity index (χ0) is 19.8. The first-order valence-electron chi connectivity index (χ1n) is 8.69. The molecule has 0 spiro atoms. The van der Waals surface area contributed by atoms with Gasteiger partial charge in [-0.2, -0.15) is 0 Å². The van der Waals surface area contributed by atoms with E-state index in [2.05, 4.69) is 42.3 Å². The lowest BCUT2D eigenvalue weighted by atomic mass is 10.0. The molecule has 0 saturated heterocycles. The number of hydrogen-bond acceptors (Lipinski definition) is 3. The molecule has 0 atom stereocenters. The van der Waals surface area contributed by atoms with Crippen molar-refractivity contribution in [1.82, 2.24) is 9.38 Å². The lowest BCUT2D eigenvalue weighted by molar-refractivity contribution is -0.115. The van der Waals surface area contributed by atoms with E-state index in [1.807, 2.05) is 16.0 Å². The molecule has 2 aromatic carbocycles. The van der Waals surface area contributed by atoms with Crippen LogP contribution in [0.2, 0.25) is 5.02 Å². The molecule has 28 heavy (non-hydrogen) atoms. The fourth-order valence-electron chi connectivity index (χ4n) is 2.94. The minimum Gasteiger partial charge on any atom is -0.326 e. The van der Waals surface area contributed by atoms with Crippen molar-refractivity contribution in [3.05, 3.63) is 75.6 Å². The van der Waals surface area contributed by atoms with E-state index >= 15 is 0 Å². The maximum atomic E-state index is 13.3. The van der Waals surface area contributed by atoms with Crippen LogP contribution in [0, 0.1) is 19.7 Å². The molecule has 0 aliphatic rings. The second-order valence-corrected chi connectivity index (χ2v) is 7.90. The molecule has 2 aromatic heterocycles. The Morgan fingerprint density at radius 2 is 2.04 bits per heavy atom. The van der Waals surface area contributed by atoms with Gasteiger partial charge < -0.3 is 5.32 Å². The predicted octanol–water partition coefficient (Wildman–Crippen LogP) is 5.65. The highest BCUT2D eigenvalue weighted by Gasteiger charge is 2.13. The molecule has 0 unspecified atom stereocenters. The molecule has 0 fully saturated rings. The van der Waals surface area contributed by atoms with Crippen molar-refractivity contribution in [3.8, 4) is 11.3 Å². The van der Waals surface area contributed by atoms with Gasteiger partial charge in [-0.05, 0) is 49.2 Å². The van der Waals surface area contributed by atoms with Crippen LogP contribution in [0.4, 0.5) is 10.1 Å². The zero-order valence-corrected chi connectivity index (χ0v) is 16.9. The summed E-state index contributed by atoms with van der Waals surface area (Å²) in [6.45, 7) is 4.16. The van der Waals surface area contributed by atoms with E-state index in [0.29, 0.717) is 5.69 Å². The smallest absolute Gasteiger partial charge is 0.230 e. The van der Waals surface area contributed by atoms with Gasteiger partial charge in [-0.15, -0.1) is 11.3 Å². The maximum Gasteiger partial charge on any atom is 0.230 e. The fraction of sp³-hybridized carbons (Fsp3) is 0.143. The van der Waals surface area contributed by atoms with Crippen LogP contribution in [0.15, 0.2) is 48.0 Å². The van der Waals surface area contributed by atoms with E-state index in [1.165, 1.54) is 40.7 Å². The molecule has 1 N–H and O–H groups in total. The molecule has 0 radical (unpaired) electrons. The Labute approximate surface area is 170 Å². The van der Waals surface area contributed by atoms with Crippen LogP contribution in [-0.4, -0.2) is 15.3 Å². The molecule has 0 aliphatic carbocycles. The Kier molecular flexibility index (Phi) is 4.91. The third kappa shape index (κ3) is 3.66. The van der Waals surface area contributed by atoms with Gasteiger partial charge in [0.2, 0.25) is 5.91 Å². The number of imidazole rings is 1. The van der Waals surface area contributed by atoms with Gasteiger partial charge in [0.05, 0.1) is 17.1 Å². The SMILES string of the molecule is Cc1ccc(-c2cn3c(CC(=O)Nc4ccc(F)c(Cl)c4)csc3n2)cc1C. The molecule has 1 amide bonds. The van der Waals surface area contributed by atoms with Crippen LogP contribution in [-0.2, 0) is 11.2 Å². The van der Waals surface area contributed by atoms with Gasteiger partial charge in [0.25, 0.3) is 0 Å². The third-order valence-electron chi connectivity index (χ3n) is 4.63. The minimum absolute atomic E-state index is 0.0247. The quantitative estimate of drug-likeness (QED) is 0.469. The number of halogens is 2. The van der Waals surface area contributed by atoms with Crippen LogP contribution in [0.3, 0.4) is 0 Å². The average molecular weight is 414 g/mol. The second-order valence-electron chi connectivity index (χ2n) is 6.66. The standard InChI is InChI=1S/C21H17ClFN3OS/c1-12-3-4-14(7-13(12)2)19-10-26-16(11-28-21(26)25-19)9-20(27)24-15-5-6-18(23)17(22)8-15/h3-8,10-11H,9H2,1-2H3,(H,24,27). The monoisotopic (exact) mass is 413 g/mol. The summed E-state index contributed by atoms with van der Waals surface area (Å²) < 4.78 is 15.2. The van der Waals surface area contributed by atoms with E-state index in [-0.39, 0.29) is 17.4 Å². The number of thiazole rings is 1. The largest absolute Gasteiger partial charge is 0.326 e. The number of carbonyl (C=O) groups excluding carboxylic acids is 1. The second kappa shape index (κ2) is 7.37. The summed E-state index contributed by atoms with van der Waals surface area (Å²) >= 11 is 7.25. The summed E-state index contributed by atoms with van der Waals surface area (Å²) in [5, 5.41) is 4.64. The van der Waals surface area contributed by atoms with Crippen LogP contribution in [0.5, 0.6) is 0 Å². The molecule has 0 aliphatic heterocycles. The molecule has 4 aromatic rings. The van der Waals surface area contributed by atoms with Crippen LogP contribution >= 0.6 is 22.9 Å². The lowest BCUT2D eigenvalue weighted by Crippen LogP contribution is -2.15. The fourth-order valence-corrected chi connectivity index (χ4v) is 3.99. The van der Waals surface area contributed by atoms with E-state index in [1.54, 1.807) is 0 Å². The van der Waals surface area contributed by atoms with Gasteiger partial charge in [-0.25, -0.2) is 9.37 Å². The first-order valence-corrected chi connectivity index (χ1v) is 9.94. The summed E-state index contributed by atoms with van der Waals surface area (Å²) in [5.74, 6) is -0.722. The molecule has 4 rings (SSSR count). The molecule has 0 bridgehead atoms. The van der Waals surface area contributed by atoms with Crippen LogP contribution < -0.4 is 5.32 Å². The molecule has 142 valence electrons. The molecule has 0 saturated carbocycles. The van der Waals surface area contributed by atoms with E-state index in [0.717, 1.165) is 21.9 Å². The Balaban J connectivity index is 1.55. The van der Waals surface area contributed by atoms with Gasteiger partial charge >= 0.3 is 0 Å². The van der Waals surface area contributed by atoms with E-state index in [9.17, 15) is 9.18 Å². The Hall–Kier alpha value is -2.70. The summed E-state index contributed by atoms with van der Waals surface area (Å²) in [4.78, 5) is 17.9. The Morgan fingerprint density at radius 3 is 2.79 bits per heavy atom. The molecule has 7 heteroatoms. The summed E-state index contributed by atoms with van der Waals surface area (Å²) in [7, 11) is 0. The number of carbonyl (C=O) groups is 1. The Morgan fingerprint density at radius 1 is 1.21 bits per heavy atom. The molecule has 2 heterocycles. The van der Waals surface area contributed by atoms with Crippen molar-refractivity contribution >= 4 is 39.5 Å². The highest BCUT2D eigenvalue weighted by Crippen LogP contribution is 2.26. The van der Waals surface area contributed by atoms with Gasteiger partial charge in [-0.1, -0.05) is 23.7 Å². The van der Waals surface area contributed by atoms with Crippen molar-refractivity contribution in [1.29, 1.82) is 0 Å². The Bertz CT molecular complexity index is 1200. The first-order chi connectivity index (χ1) is 13.4. The summed E-state index contributed by atoms with van der Waals surface area (Å²) in [6.07, 6.45) is 2.13. The van der Waals surface area contributed by atoms with Crippen molar-refractivity contribution in [2.24, 2.45) is 0 Å². The third-order valence-corrected chi connectivity index (χ3v) is 5.81. The minimum atomic E-state index is -0.517. The highest BCUT2D eigenvalue weighted by molar-refractivity contribution is 7.15. The number of fused-ring (bicyclic) bond motifs is 1. The number of nitrogens with zero attached hydrogens (tertiary/aromatic N) is 2. The first kappa shape index (κ1) is 18.7. The number of rotatable bonds is 4. The number of aryl methyl sites for hydroxylation is 2.